The quantitative estimate of drug-likeness (QED) is 0.338. The molecular weight excluding hydrogens is 509 g/mol. The number of nitrogens with zero attached hydrogens (tertiary/aromatic N) is 1. The number of halogens is 2. The standard InChI is InChI=1S/C16H9BrINO4S/c17-10-3-1-9(2-4-10)12(20)8-19-15(21)13(24-16(19)22)7-11-5-6-14(18)23-11/h1-7H,8H2/b13-7-. The number of rotatable bonds is 4. The first-order chi connectivity index (χ1) is 11.4. The maximum Gasteiger partial charge on any atom is 0.293 e. The fourth-order valence-corrected chi connectivity index (χ4v) is 3.56. The maximum atomic E-state index is 12.4. The summed E-state index contributed by atoms with van der Waals surface area (Å²) in [5.41, 5.74) is 0.446. The molecule has 0 radical (unpaired) electrons. The van der Waals surface area contributed by atoms with Gasteiger partial charge in [-0.15, -0.1) is 0 Å². The zero-order chi connectivity index (χ0) is 17.3. The smallest absolute Gasteiger partial charge is 0.293 e. The molecule has 1 aromatic carbocycles. The van der Waals surface area contributed by atoms with Crippen molar-refractivity contribution >= 4 is 73.3 Å². The van der Waals surface area contributed by atoms with E-state index in [4.69, 9.17) is 4.42 Å². The third-order valence-corrected chi connectivity index (χ3v) is 5.22. The number of Topliss-reactive ketones (excluding diaryl/α,β-unsaturated/α-hetero) is 1. The first kappa shape index (κ1) is 17.4. The summed E-state index contributed by atoms with van der Waals surface area (Å²) in [6, 6.07) is 10.2. The first-order valence-corrected chi connectivity index (χ1v) is 9.42. The van der Waals surface area contributed by atoms with E-state index in [0.29, 0.717) is 15.1 Å². The van der Waals surface area contributed by atoms with Crippen LogP contribution in [0.25, 0.3) is 6.08 Å². The second-order valence-electron chi connectivity index (χ2n) is 4.84. The number of amides is 2. The predicted octanol–water partition coefficient (Wildman–Crippen LogP) is 4.57. The van der Waals surface area contributed by atoms with Gasteiger partial charge in [-0.05, 0) is 58.6 Å². The Labute approximate surface area is 163 Å². The summed E-state index contributed by atoms with van der Waals surface area (Å²) in [7, 11) is 0. The molecule has 0 unspecified atom stereocenters. The van der Waals surface area contributed by atoms with Crippen LogP contribution in [-0.2, 0) is 4.79 Å². The maximum absolute atomic E-state index is 12.4. The number of hydrogen-bond acceptors (Lipinski definition) is 5. The highest BCUT2D eigenvalue weighted by Gasteiger charge is 2.36. The van der Waals surface area contributed by atoms with Crippen molar-refractivity contribution in [2.24, 2.45) is 0 Å². The van der Waals surface area contributed by atoms with Gasteiger partial charge in [0.2, 0.25) is 0 Å². The summed E-state index contributed by atoms with van der Waals surface area (Å²) < 4.78 is 6.90. The summed E-state index contributed by atoms with van der Waals surface area (Å²) in [4.78, 5) is 37.9. The molecule has 3 rings (SSSR count). The molecule has 0 N–H and O–H groups in total. The Kier molecular flexibility index (Phi) is 5.26. The number of benzene rings is 1. The lowest BCUT2D eigenvalue weighted by Crippen LogP contribution is -2.33. The van der Waals surface area contributed by atoms with Gasteiger partial charge >= 0.3 is 0 Å². The van der Waals surface area contributed by atoms with Crippen LogP contribution in [0.4, 0.5) is 4.79 Å². The second kappa shape index (κ2) is 7.24. The fraction of sp³-hybridized carbons (Fsp3) is 0.0625. The summed E-state index contributed by atoms with van der Waals surface area (Å²) in [5, 5.41) is -0.460. The molecule has 2 aromatic rings. The summed E-state index contributed by atoms with van der Waals surface area (Å²) in [6.45, 7) is -0.278. The molecule has 1 saturated heterocycles. The summed E-state index contributed by atoms with van der Waals surface area (Å²) in [6.07, 6.45) is 1.51. The Morgan fingerprint density at radius 2 is 1.92 bits per heavy atom. The van der Waals surface area contributed by atoms with Crippen LogP contribution in [0.3, 0.4) is 0 Å². The normalized spacial score (nSPS) is 16.2. The van der Waals surface area contributed by atoms with Crippen molar-refractivity contribution in [3.05, 3.63) is 60.9 Å². The van der Waals surface area contributed by atoms with Crippen LogP contribution in [0.2, 0.25) is 0 Å². The molecule has 1 aromatic heterocycles. The van der Waals surface area contributed by atoms with Crippen LogP contribution >= 0.6 is 50.3 Å². The van der Waals surface area contributed by atoms with Gasteiger partial charge in [0.25, 0.3) is 11.1 Å². The number of carbonyl (C=O) groups is 3. The molecule has 2 heterocycles. The van der Waals surface area contributed by atoms with E-state index in [9.17, 15) is 14.4 Å². The molecule has 0 saturated carbocycles. The topological polar surface area (TPSA) is 67.6 Å². The van der Waals surface area contributed by atoms with Crippen LogP contribution in [0.1, 0.15) is 16.1 Å². The average Bonchev–Trinajstić information content (AvgIpc) is 3.06. The molecule has 0 atom stereocenters. The van der Waals surface area contributed by atoms with Crippen molar-refractivity contribution in [2.75, 3.05) is 6.54 Å². The Bertz CT molecular complexity index is 859. The number of imide groups is 1. The summed E-state index contributed by atoms with van der Waals surface area (Å²) in [5.74, 6) is -0.287. The lowest BCUT2D eigenvalue weighted by molar-refractivity contribution is -0.122. The fourth-order valence-electron chi connectivity index (χ4n) is 2.04. The zero-order valence-electron chi connectivity index (χ0n) is 12.0. The van der Waals surface area contributed by atoms with Gasteiger partial charge in [-0.1, -0.05) is 28.1 Å². The largest absolute Gasteiger partial charge is 0.451 e. The highest BCUT2D eigenvalue weighted by atomic mass is 127. The Balaban J connectivity index is 1.76. The molecular formula is C16H9BrINO4S. The van der Waals surface area contributed by atoms with Crippen molar-refractivity contribution in [1.29, 1.82) is 0 Å². The van der Waals surface area contributed by atoms with Gasteiger partial charge in [-0.3, -0.25) is 19.3 Å². The molecule has 0 bridgehead atoms. The molecule has 24 heavy (non-hydrogen) atoms. The Hall–Kier alpha value is -1.39. The molecule has 1 fully saturated rings. The van der Waals surface area contributed by atoms with Gasteiger partial charge < -0.3 is 4.42 Å². The van der Waals surface area contributed by atoms with Crippen molar-refractivity contribution in [2.45, 2.75) is 0 Å². The van der Waals surface area contributed by atoms with Gasteiger partial charge in [0, 0.05) is 16.1 Å². The molecule has 5 nitrogen and oxygen atoms in total. The number of hydrogen-bond donors (Lipinski definition) is 0. The highest BCUT2D eigenvalue weighted by molar-refractivity contribution is 14.1. The lowest BCUT2D eigenvalue weighted by atomic mass is 10.1. The van der Waals surface area contributed by atoms with Crippen molar-refractivity contribution in [3.63, 3.8) is 0 Å². The molecule has 0 spiro atoms. The van der Waals surface area contributed by atoms with Gasteiger partial charge in [-0.2, -0.15) is 0 Å². The van der Waals surface area contributed by atoms with Crippen LogP contribution in [0, 0.1) is 3.77 Å². The molecule has 8 heteroatoms. The van der Waals surface area contributed by atoms with E-state index in [0.717, 1.165) is 21.1 Å². The highest BCUT2D eigenvalue weighted by Crippen LogP contribution is 2.32. The molecule has 1 aliphatic heterocycles. The number of ketones is 1. The van der Waals surface area contributed by atoms with E-state index in [1.54, 1.807) is 36.4 Å². The SMILES string of the molecule is O=C(CN1C(=O)S/C(=C\c2ccc(I)o2)C1=O)c1ccc(Br)cc1. The van der Waals surface area contributed by atoms with E-state index in [1.807, 2.05) is 22.6 Å². The van der Waals surface area contributed by atoms with Crippen LogP contribution in [0.5, 0.6) is 0 Å². The van der Waals surface area contributed by atoms with Gasteiger partial charge in [-0.25, -0.2) is 0 Å². The van der Waals surface area contributed by atoms with Gasteiger partial charge in [0.05, 0.1) is 11.4 Å². The molecule has 122 valence electrons. The Morgan fingerprint density at radius 1 is 1.21 bits per heavy atom. The first-order valence-electron chi connectivity index (χ1n) is 6.73. The van der Waals surface area contributed by atoms with Crippen molar-refractivity contribution in [3.8, 4) is 0 Å². The minimum Gasteiger partial charge on any atom is -0.451 e. The van der Waals surface area contributed by atoms with E-state index >= 15 is 0 Å². The third-order valence-electron chi connectivity index (χ3n) is 3.21. The predicted molar refractivity (Wildman–Crippen MR) is 103 cm³/mol. The van der Waals surface area contributed by atoms with Crippen molar-refractivity contribution < 1.29 is 18.8 Å². The zero-order valence-corrected chi connectivity index (χ0v) is 16.6. The second-order valence-corrected chi connectivity index (χ2v) is 7.81. The van der Waals surface area contributed by atoms with Crippen LogP contribution in [-0.4, -0.2) is 28.4 Å². The third kappa shape index (κ3) is 3.81. The average molecular weight is 518 g/mol. The number of furan rings is 1. The monoisotopic (exact) mass is 517 g/mol. The minimum atomic E-state index is -0.484. The van der Waals surface area contributed by atoms with Crippen molar-refractivity contribution in [1.82, 2.24) is 4.90 Å². The van der Waals surface area contributed by atoms with Gasteiger partial charge in [0.1, 0.15) is 5.76 Å². The molecule has 1 aliphatic rings. The number of carbonyl (C=O) groups excluding carboxylic acids is 3. The lowest BCUT2D eigenvalue weighted by Gasteiger charge is -2.11. The minimum absolute atomic E-state index is 0.245. The van der Waals surface area contributed by atoms with E-state index in [2.05, 4.69) is 15.9 Å². The van der Waals surface area contributed by atoms with Gasteiger partial charge in [0.15, 0.2) is 9.55 Å². The Morgan fingerprint density at radius 3 is 2.54 bits per heavy atom. The molecule has 2 amide bonds. The van der Waals surface area contributed by atoms with E-state index in [-0.39, 0.29) is 17.2 Å². The number of thioether (sulfide) groups is 1. The van der Waals surface area contributed by atoms with E-state index in [1.165, 1.54) is 6.08 Å². The van der Waals surface area contributed by atoms with Crippen LogP contribution < -0.4 is 0 Å². The molecule has 0 aliphatic carbocycles. The van der Waals surface area contributed by atoms with E-state index < -0.39 is 11.1 Å². The van der Waals surface area contributed by atoms with Crippen LogP contribution in [0.15, 0.2) is 50.2 Å². The summed E-state index contributed by atoms with van der Waals surface area (Å²) >= 11 is 6.11.